The molecule has 2 heterocycles. The standard InChI is InChI=1S/C12H15F3N2O/c1-8-11(2,4-6-18-8)17-10-7-9(3-5-16-10)12(13,14)15/h3,5,7-8H,4,6H2,1-2H3,(H,16,17). The highest BCUT2D eigenvalue weighted by molar-refractivity contribution is 5.41. The second-order valence-corrected chi connectivity index (χ2v) is 4.73. The van der Waals surface area contributed by atoms with Crippen LogP contribution in [0, 0.1) is 0 Å². The molecule has 1 aliphatic rings. The van der Waals surface area contributed by atoms with E-state index in [1.54, 1.807) is 0 Å². The molecule has 1 aromatic heterocycles. The predicted molar refractivity (Wildman–Crippen MR) is 61.3 cm³/mol. The van der Waals surface area contributed by atoms with Crippen molar-refractivity contribution in [3.63, 3.8) is 0 Å². The van der Waals surface area contributed by atoms with Crippen LogP contribution in [0.25, 0.3) is 0 Å². The van der Waals surface area contributed by atoms with Crippen LogP contribution in [0.1, 0.15) is 25.8 Å². The van der Waals surface area contributed by atoms with Gasteiger partial charge in [0.1, 0.15) is 5.82 Å². The first kappa shape index (κ1) is 13.1. The molecular formula is C12H15F3N2O. The number of nitrogens with zero attached hydrogens (tertiary/aromatic N) is 1. The minimum Gasteiger partial charge on any atom is -0.376 e. The van der Waals surface area contributed by atoms with E-state index >= 15 is 0 Å². The van der Waals surface area contributed by atoms with Crippen molar-refractivity contribution in [1.29, 1.82) is 0 Å². The fourth-order valence-electron chi connectivity index (χ4n) is 1.97. The molecule has 3 nitrogen and oxygen atoms in total. The number of rotatable bonds is 2. The summed E-state index contributed by atoms with van der Waals surface area (Å²) >= 11 is 0. The van der Waals surface area contributed by atoms with Crippen molar-refractivity contribution in [2.75, 3.05) is 11.9 Å². The van der Waals surface area contributed by atoms with Gasteiger partial charge in [-0.3, -0.25) is 0 Å². The van der Waals surface area contributed by atoms with E-state index in [1.807, 2.05) is 13.8 Å². The number of pyridine rings is 1. The average Bonchev–Trinajstić information content (AvgIpc) is 2.58. The maximum Gasteiger partial charge on any atom is 0.416 e. The Hall–Kier alpha value is -1.30. The molecular weight excluding hydrogens is 245 g/mol. The largest absolute Gasteiger partial charge is 0.416 e. The molecule has 1 saturated heterocycles. The molecule has 0 aromatic carbocycles. The molecule has 1 fully saturated rings. The Morgan fingerprint density at radius 2 is 2.22 bits per heavy atom. The van der Waals surface area contributed by atoms with Crippen LogP contribution in [0.2, 0.25) is 0 Å². The molecule has 2 unspecified atom stereocenters. The Labute approximate surface area is 103 Å². The summed E-state index contributed by atoms with van der Waals surface area (Å²) < 4.78 is 43.1. The molecule has 0 spiro atoms. The third-order valence-electron chi connectivity index (χ3n) is 3.39. The van der Waals surface area contributed by atoms with Crippen LogP contribution >= 0.6 is 0 Å². The van der Waals surface area contributed by atoms with Crippen LogP contribution in [0.4, 0.5) is 19.0 Å². The van der Waals surface area contributed by atoms with Crippen molar-refractivity contribution in [1.82, 2.24) is 4.98 Å². The van der Waals surface area contributed by atoms with Gasteiger partial charge < -0.3 is 10.1 Å². The van der Waals surface area contributed by atoms with Gasteiger partial charge >= 0.3 is 6.18 Å². The zero-order valence-electron chi connectivity index (χ0n) is 10.2. The SMILES string of the molecule is CC1OCCC1(C)Nc1cc(C(F)(F)F)ccn1. The van der Waals surface area contributed by atoms with Gasteiger partial charge in [0.05, 0.1) is 17.2 Å². The Morgan fingerprint density at radius 3 is 2.78 bits per heavy atom. The molecule has 6 heteroatoms. The number of hydrogen-bond acceptors (Lipinski definition) is 3. The van der Waals surface area contributed by atoms with E-state index in [2.05, 4.69) is 10.3 Å². The molecule has 1 N–H and O–H groups in total. The summed E-state index contributed by atoms with van der Waals surface area (Å²) in [7, 11) is 0. The number of hydrogen-bond donors (Lipinski definition) is 1. The van der Waals surface area contributed by atoms with Gasteiger partial charge in [-0.2, -0.15) is 13.2 Å². The molecule has 18 heavy (non-hydrogen) atoms. The third-order valence-corrected chi connectivity index (χ3v) is 3.39. The van der Waals surface area contributed by atoms with E-state index in [-0.39, 0.29) is 17.5 Å². The first-order valence-corrected chi connectivity index (χ1v) is 5.74. The molecule has 0 saturated carbocycles. The molecule has 0 radical (unpaired) electrons. The predicted octanol–water partition coefficient (Wildman–Crippen LogP) is 3.08. The average molecular weight is 260 g/mol. The highest BCUT2D eigenvalue weighted by atomic mass is 19.4. The maximum atomic E-state index is 12.6. The van der Waals surface area contributed by atoms with E-state index in [4.69, 9.17) is 4.74 Å². The molecule has 0 aliphatic carbocycles. The fourth-order valence-corrected chi connectivity index (χ4v) is 1.97. The second-order valence-electron chi connectivity index (χ2n) is 4.73. The van der Waals surface area contributed by atoms with Crippen LogP contribution < -0.4 is 5.32 Å². The summed E-state index contributed by atoms with van der Waals surface area (Å²) in [5.41, 5.74) is -1.08. The van der Waals surface area contributed by atoms with Crippen molar-refractivity contribution >= 4 is 5.82 Å². The fraction of sp³-hybridized carbons (Fsp3) is 0.583. The number of nitrogens with one attached hydrogen (secondary N) is 1. The molecule has 0 amide bonds. The van der Waals surface area contributed by atoms with Crippen molar-refractivity contribution in [3.8, 4) is 0 Å². The van der Waals surface area contributed by atoms with Crippen LogP contribution in [0.15, 0.2) is 18.3 Å². The summed E-state index contributed by atoms with van der Waals surface area (Å²) in [4.78, 5) is 3.93. The van der Waals surface area contributed by atoms with Gasteiger partial charge in [0.15, 0.2) is 0 Å². The molecule has 100 valence electrons. The Bertz CT molecular complexity index is 436. The smallest absolute Gasteiger partial charge is 0.376 e. The second kappa shape index (κ2) is 4.42. The van der Waals surface area contributed by atoms with Gasteiger partial charge in [-0.1, -0.05) is 0 Å². The lowest BCUT2D eigenvalue weighted by Gasteiger charge is -2.29. The summed E-state index contributed by atoms with van der Waals surface area (Å²) in [6.07, 6.45) is -2.51. The van der Waals surface area contributed by atoms with E-state index in [1.165, 1.54) is 0 Å². The topological polar surface area (TPSA) is 34.1 Å². The van der Waals surface area contributed by atoms with Crippen molar-refractivity contribution in [2.45, 2.75) is 38.1 Å². The van der Waals surface area contributed by atoms with Crippen LogP contribution in [0.3, 0.4) is 0 Å². The minimum absolute atomic E-state index is 0.0613. The Kier molecular flexibility index (Phi) is 3.23. The lowest BCUT2D eigenvalue weighted by Crippen LogP contribution is -2.41. The maximum absolute atomic E-state index is 12.6. The van der Waals surface area contributed by atoms with Crippen LogP contribution in [-0.2, 0) is 10.9 Å². The van der Waals surface area contributed by atoms with Gasteiger partial charge in [0.2, 0.25) is 0 Å². The van der Waals surface area contributed by atoms with E-state index < -0.39 is 11.7 Å². The number of ether oxygens (including phenoxy) is 1. The molecule has 2 atom stereocenters. The lowest BCUT2D eigenvalue weighted by atomic mass is 9.94. The summed E-state index contributed by atoms with van der Waals surface area (Å²) in [6.45, 7) is 4.42. The molecule has 1 aliphatic heterocycles. The summed E-state index contributed by atoms with van der Waals surface area (Å²) in [5, 5.41) is 3.04. The van der Waals surface area contributed by atoms with Gasteiger partial charge in [0.25, 0.3) is 0 Å². The summed E-state index contributed by atoms with van der Waals surface area (Å²) in [5.74, 6) is 0.227. The van der Waals surface area contributed by atoms with E-state index in [0.717, 1.165) is 24.8 Å². The molecule has 2 rings (SSSR count). The van der Waals surface area contributed by atoms with Crippen LogP contribution in [0.5, 0.6) is 0 Å². The number of halogens is 3. The third kappa shape index (κ3) is 2.58. The minimum atomic E-state index is -4.35. The van der Waals surface area contributed by atoms with E-state index in [0.29, 0.717) is 6.61 Å². The zero-order chi connectivity index (χ0) is 13.4. The van der Waals surface area contributed by atoms with Crippen LogP contribution in [-0.4, -0.2) is 23.2 Å². The normalized spacial score (nSPS) is 28.4. The quantitative estimate of drug-likeness (QED) is 0.887. The first-order chi connectivity index (χ1) is 8.31. The van der Waals surface area contributed by atoms with Gasteiger partial charge in [0, 0.05) is 12.8 Å². The molecule has 1 aromatic rings. The monoisotopic (exact) mass is 260 g/mol. The summed E-state index contributed by atoms with van der Waals surface area (Å²) in [6, 6.07) is 1.98. The van der Waals surface area contributed by atoms with Crippen molar-refractivity contribution in [3.05, 3.63) is 23.9 Å². The first-order valence-electron chi connectivity index (χ1n) is 5.74. The number of aromatic nitrogens is 1. The zero-order valence-corrected chi connectivity index (χ0v) is 10.2. The van der Waals surface area contributed by atoms with Crippen molar-refractivity contribution in [2.24, 2.45) is 0 Å². The van der Waals surface area contributed by atoms with Gasteiger partial charge in [-0.05, 0) is 32.4 Å². The molecule has 0 bridgehead atoms. The van der Waals surface area contributed by atoms with Crippen molar-refractivity contribution < 1.29 is 17.9 Å². The lowest BCUT2D eigenvalue weighted by molar-refractivity contribution is -0.137. The van der Waals surface area contributed by atoms with Gasteiger partial charge in [-0.15, -0.1) is 0 Å². The Morgan fingerprint density at radius 1 is 1.50 bits per heavy atom. The van der Waals surface area contributed by atoms with Gasteiger partial charge in [-0.25, -0.2) is 4.98 Å². The highest BCUT2D eigenvalue weighted by Crippen LogP contribution is 2.32. The van der Waals surface area contributed by atoms with E-state index in [9.17, 15) is 13.2 Å². The number of alkyl halides is 3. The Balaban J connectivity index is 2.20. The number of anilines is 1. The highest BCUT2D eigenvalue weighted by Gasteiger charge is 2.38.